The molecule has 0 bridgehead atoms. The molecule has 2 aromatic carbocycles. The van der Waals surface area contributed by atoms with Gasteiger partial charge < -0.3 is 15.4 Å². The number of hydrogen-bond donors (Lipinski definition) is 2. The second-order valence-electron chi connectivity index (χ2n) is 4.28. The number of carbonyl (C=O) groups is 1. The van der Waals surface area contributed by atoms with Gasteiger partial charge in [0.2, 0.25) is 0 Å². The number of halogens is 5. The molecule has 23 heavy (non-hydrogen) atoms. The summed E-state index contributed by atoms with van der Waals surface area (Å²) in [6.45, 7) is 0. The fourth-order valence-corrected chi connectivity index (χ4v) is 2.07. The lowest BCUT2D eigenvalue weighted by Gasteiger charge is -2.11. The molecule has 2 aromatic rings. The summed E-state index contributed by atoms with van der Waals surface area (Å²) in [5.74, 6) is -0.385. The summed E-state index contributed by atoms with van der Waals surface area (Å²) in [6, 6.07) is 8.61. The molecule has 0 spiro atoms. The van der Waals surface area contributed by atoms with E-state index in [0.29, 0.717) is 10.7 Å². The maximum absolute atomic E-state index is 12.0. The van der Waals surface area contributed by atoms with Gasteiger partial charge in [-0.1, -0.05) is 23.2 Å². The Labute approximate surface area is 139 Å². The van der Waals surface area contributed by atoms with Crippen LogP contribution >= 0.6 is 23.2 Å². The van der Waals surface area contributed by atoms with Crippen molar-refractivity contribution in [3.05, 3.63) is 52.5 Å². The largest absolute Gasteiger partial charge is 0.573 e. The van der Waals surface area contributed by atoms with Crippen LogP contribution in [0.25, 0.3) is 0 Å². The van der Waals surface area contributed by atoms with Crippen molar-refractivity contribution in [3.8, 4) is 5.75 Å². The molecule has 4 nitrogen and oxygen atoms in total. The standard InChI is InChI=1S/C14H9Cl2F3N2O2/c15-8-1-6-12(11(16)7-8)21-13(22)20-9-2-4-10(5-3-9)23-14(17,18)19/h1-7H,(H2,20,21,22). The van der Waals surface area contributed by atoms with Crippen LogP contribution in [-0.2, 0) is 0 Å². The van der Waals surface area contributed by atoms with Gasteiger partial charge in [-0.05, 0) is 42.5 Å². The molecule has 2 rings (SSSR count). The fourth-order valence-electron chi connectivity index (χ4n) is 1.62. The quantitative estimate of drug-likeness (QED) is 0.751. The molecular formula is C14H9Cl2F3N2O2. The molecule has 0 aliphatic rings. The fraction of sp³-hybridized carbons (Fsp3) is 0.0714. The average molecular weight is 365 g/mol. The maximum atomic E-state index is 12.0. The van der Waals surface area contributed by atoms with Crippen LogP contribution < -0.4 is 15.4 Å². The first kappa shape index (κ1) is 17.2. The van der Waals surface area contributed by atoms with Gasteiger partial charge >= 0.3 is 12.4 Å². The Balaban J connectivity index is 1.97. The summed E-state index contributed by atoms with van der Waals surface area (Å²) in [5.41, 5.74) is 0.618. The number of nitrogens with one attached hydrogen (secondary N) is 2. The SMILES string of the molecule is O=C(Nc1ccc(OC(F)(F)F)cc1)Nc1ccc(Cl)cc1Cl. The zero-order chi connectivity index (χ0) is 17.0. The molecule has 2 N–H and O–H groups in total. The van der Waals surface area contributed by atoms with E-state index in [2.05, 4.69) is 15.4 Å². The van der Waals surface area contributed by atoms with Gasteiger partial charge in [0.15, 0.2) is 0 Å². The lowest BCUT2D eigenvalue weighted by molar-refractivity contribution is -0.274. The average Bonchev–Trinajstić information content (AvgIpc) is 2.42. The summed E-state index contributed by atoms with van der Waals surface area (Å²) in [4.78, 5) is 11.8. The molecule has 2 amide bonds. The Bertz CT molecular complexity index is 706. The monoisotopic (exact) mass is 364 g/mol. The van der Waals surface area contributed by atoms with Crippen molar-refractivity contribution >= 4 is 40.6 Å². The predicted molar refractivity (Wildman–Crippen MR) is 82.2 cm³/mol. The van der Waals surface area contributed by atoms with Gasteiger partial charge in [0.1, 0.15) is 5.75 Å². The van der Waals surface area contributed by atoms with Crippen LogP contribution in [0.15, 0.2) is 42.5 Å². The van der Waals surface area contributed by atoms with E-state index >= 15 is 0 Å². The minimum Gasteiger partial charge on any atom is -0.406 e. The van der Waals surface area contributed by atoms with Crippen molar-refractivity contribution in [2.75, 3.05) is 10.6 Å². The zero-order valence-corrected chi connectivity index (χ0v) is 12.8. The molecule has 0 aliphatic heterocycles. The smallest absolute Gasteiger partial charge is 0.406 e. The molecule has 0 aromatic heterocycles. The predicted octanol–water partition coefficient (Wildman–Crippen LogP) is 5.54. The molecule has 0 aliphatic carbocycles. The number of hydrogen-bond acceptors (Lipinski definition) is 2. The molecule has 0 atom stereocenters. The van der Waals surface area contributed by atoms with Gasteiger partial charge in [-0.15, -0.1) is 13.2 Å². The Kier molecular flexibility index (Phi) is 5.23. The summed E-state index contributed by atoms with van der Waals surface area (Å²) < 4.78 is 39.8. The van der Waals surface area contributed by atoms with E-state index in [1.165, 1.54) is 24.3 Å². The molecule has 9 heteroatoms. The Morgan fingerprint density at radius 2 is 1.65 bits per heavy atom. The second-order valence-corrected chi connectivity index (χ2v) is 5.12. The van der Waals surface area contributed by atoms with Gasteiger partial charge in [-0.3, -0.25) is 0 Å². The van der Waals surface area contributed by atoms with Crippen LogP contribution in [0, 0.1) is 0 Å². The van der Waals surface area contributed by atoms with Crippen molar-refractivity contribution in [2.24, 2.45) is 0 Å². The number of benzene rings is 2. The zero-order valence-electron chi connectivity index (χ0n) is 11.2. The van der Waals surface area contributed by atoms with Crippen LogP contribution in [0.1, 0.15) is 0 Å². The molecule has 0 heterocycles. The molecule has 0 unspecified atom stereocenters. The number of anilines is 2. The molecular weight excluding hydrogens is 356 g/mol. The highest BCUT2D eigenvalue weighted by Crippen LogP contribution is 2.26. The van der Waals surface area contributed by atoms with Gasteiger partial charge in [0, 0.05) is 10.7 Å². The van der Waals surface area contributed by atoms with Crippen LogP contribution in [0.5, 0.6) is 5.75 Å². The van der Waals surface area contributed by atoms with Crippen LogP contribution in [0.4, 0.5) is 29.3 Å². The number of urea groups is 1. The third kappa shape index (κ3) is 5.54. The van der Waals surface area contributed by atoms with Crippen molar-refractivity contribution in [3.63, 3.8) is 0 Å². The number of rotatable bonds is 3. The first-order chi connectivity index (χ1) is 10.7. The number of alkyl halides is 3. The normalized spacial score (nSPS) is 11.0. The minimum absolute atomic E-state index is 0.251. The van der Waals surface area contributed by atoms with Gasteiger partial charge in [-0.25, -0.2) is 4.79 Å². The molecule has 0 saturated heterocycles. The van der Waals surface area contributed by atoms with Crippen molar-refractivity contribution < 1.29 is 22.7 Å². The highest BCUT2D eigenvalue weighted by molar-refractivity contribution is 6.36. The van der Waals surface area contributed by atoms with Crippen LogP contribution in [0.3, 0.4) is 0 Å². The Hall–Kier alpha value is -2.12. The molecule has 0 saturated carbocycles. The minimum atomic E-state index is -4.77. The van der Waals surface area contributed by atoms with E-state index in [1.54, 1.807) is 6.07 Å². The Morgan fingerprint density at radius 1 is 1.00 bits per heavy atom. The van der Waals surface area contributed by atoms with E-state index in [4.69, 9.17) is 23.2 Å². The molecule has 122 valence electrons. The Morgan fingerprint density at radius 3 is 2.22 bits per heavy atom. The van der Waals surface area contributed by atoms with Crippen LogP contribution in [0.2, 0.25) is 10.0 Å². The summed E-state index contributed by atoms with van der Waals surface area (Å²) in [5, 5.41) is 5.60. The van der Waals surface area contributed by atoms with E-state index in [0.717, 1.165) is 12.1 Å². The van der Waals surface area contributed by atoms with Crippen molar-refractivity contribution in [2.45, 2.75) is 6.36 Å². The van der Waals surface area contributed by atoms with Gasteiger partial charge in [0.25, 0.3) is 0 Å². The first-order valence-electron chi connectivity index (χ1n) is 6.12. The second kappa shape index (κ2) is 6.97. The van der Waals surface area contributed by atoms with Gasteiger partial charge in [0.05, 0.1) is 10.7 Å². The van der Waals surface area contributed by atoms with Crippen molar-refractivity contribution in [1.82, 2.24) is 0 Å². The first-order valence-corrected chi connectivity index (χ1v) is 6.87. The number of amides is 2. The maximum Gasteiger partial charge on any atom is 0.573 e. The van der Waals surface area contributed by atoms with E-state index in [-0.39, 0.29) is 16.5 Å². The van der Waals surface area contributed by atoms with E-state index < -0.39 is 12.4 Å². The summed E-state index contributed by atoms with van der Waals surface area (Å²) in [6.07, 6.45) is -4.77. The van der Waals surface area contributed by atoms with E-state index in [1.807, 2.05) is 0 Å². The third-order valence-electron chi connectivity index (χ3n) is 2.53. The molecule has 0 fully saturated rings. The number of carbonyl (C=O) groups excluding carboxylic acids is 1. The van der Waals surface area contributed by atoms with E-state index in [9.17, 15) is 18.0 Å². The third-order valence-corrected chi connectivity index (χ3v) is 3.07. The van der Waals surface area contributed by atoms with Gasteiger partial charge in [-0.2, -0.15) is 0 Å². The number of ether oxygens (including phenoxy) is 1. The van der Waals surface area contributed by atoms with Crippen LogP contribution in [-0.4, -0.2) is 12.4 Å². The summed E-state index contributed by atoms with van der Waals surface area (Å²) >= 11 is 11.6. The highest BCUT2D eigenvalue weighted by atomic mass is 35.5. The van der Waals surface area contributed by atoms with Crippen molar-refractivity contribution in [1.29, 1.82) is 0 Å². The lowest BCUT2D eigenvalue weighted by Crippen LogP contribution is -2.20. The lowest BCUT2D eigenvalue weighted by atomic mass is 10.3. The highest BCUT2D eigenvalue weighted by Gasteiger charge is 2.30. The molecule has 0 radical (unpaired) electrons. The topological polar surface area (TPSA) is 50.4 Å². The summed E-state index contributed by atoms with van der Waals surface area (Å²) in [7, 11) is 0.